The molecule has 0 unspecified atom stereocenters. The number of alkyl halides is 7. The molecule has 0 atom stereocenters. The zero-order chi connectivity index (χ0) is 27.6. The van der Waals surface area contributed by atoms with Gasteiger partial charge in [-0.2, -0.15) is 26.3 Å². The molecule has 0 bridgehead atoms. The van der Waals surface area contributed by atoms with Crippen LogP contribution in [-0.4, -0.2) is 48.4 Å². The SMILES string of the molecule is CCN(C)C(=O)C(=O)Cc1cccc(C(=O)Nc2c(C)cc(C(F)(C(F)(F)F)C(F)(F)F)cc2Br)c1. The summed E-state index contributed by atoms with van der Waals surface area (Å²) >= 11 is 2.81. The quantitative estimate of drug-likeness (QED) is 0.326. The minimum atomic E-state index is -6.28. The number of nitrogens with zero attached hydrogens (tertiary/aromatic N) is 1. The van der Waals surface area contributed by atoms with Crippen molar-refractivity contribution in [2.75, 3.05) is 18.9 Å². The molecule has 36 heavy (non-hydrogen) atoms. The largest absolute Gasteiger partial charge is 0.435 e. The number of hydrogen-bond acceptors (Lipinski definition) is 3. The lowest BCUT2D eigenvalue weighted by molar-refractivity contribution is -0.348. The lowest BCUT2D eigenvalue weighted by atomic mass is 9.92. The summed E-state index contributed by atoms with van der Waals surface area (Å²) in [6, 6.07) is 6.24. The number of Topliss-reactive ketones (excluding diaryl/α,β-unsaturated/α-hetero) is 1. The molecule has 0 aliphatic carbocycles. The molecule has 0 spiro atoms. The van der Waals surface area contributed by atoms with Crippen LogP contribution in [-0.2, 0) is 21.7 Å². The van der Waals surface area contributed by atoms with Gasteiger partial charge < -0.3 is 10.2 Å². The average Bonchev–Trinajstić information content (AvgIpc) is 2.78. The van der Waals surface area contributed by atoms with Gasteiger partial charge in [-0.15, -0.1) is 0 Å². The Kier molecular flexibility index (Phi) is 8.60. The molecule has 0 fully saturated rings. The number of rotatable bonds is 7. The summed E-state index contributed by atoms with van der Waals surface area (Å²) < 4.78 is 92.6. The van der Waals surface area contributed by atoms with Crippen LogP contribution < -0.4 is 5.32 Å². The molecular formula is C23H20BrF7N2O3. The van der Waals surface area contributed by atoms with Crippen LogP contribution in [0.25, 0.3) is 0 Å². The van der Waals surface area contributed by atoms with E-state index in [0.717, 1.165) is 6.92 Å². The Hall–Kier alpha value is -2.96. The van der Waals surface area contributed by atoms with Crippen LogP contribution in [0.15, 0.2) is 40.9 Å². The van der Waals surface area contributed by atoms with Crippen molar-refractivity contribution in [2.45, 2.75) is 38.3 Å². The van der Waals surface area contributed by atoms with Gasteiger partial charge in [-0.1, -0.05) is 18.2 Å². The summed E-state index contributed by atoms with van der Waals surface area (Å²) in [6.45, 7) is 3.10. The van der Waals surface area contributed by atoms with E-state index in [1.807, 2.05) is 0 Å². The maximum absolute atomic E-state index is 14.4. The van der Waals surface area contributed by atoms with Crippen molar-refractivity contribution in [1.82, 2.24) is 4.90 Å². The van der Waals surface area contributed by atoms with Crippen molar-refractivity contribution in [1.29, 1.82) is 0 Å². The Morgan fingerprint density at radius 1 is 0.972 bits per heavy atom. The minimum absolute atomic E-state index is 0.00241. The van der Waals surface area contributed by atoms with E-state index in [2.05, 4.69) is 21.2 Å². The molecule has 0 aliphatic rings. The van der Waals surface area contributed by atoms with Crippen molar-refractivity contribution in [2.24, 2.45) is 0 Å². The fourth-order valence-corrected chi connectivity index (χ4v) is 3.87. The highest BCUT2D eigenvalue weighted by Gasteiger charge is 2.73. The van der Waals surface area contributed by atoms with Crippen LogP contribution in [0, 0.1) is 6.92 Å². The van der Waals surface area contributed by atoms with E-state index in [1.165, 1.54) is 36.2 Å². The number of amides is 2. The number of aryl methyl sites for hydroxylation is 1. The second kappa shape index (κ2) is 10.6. The summed E-state index contributed by atoms with van der Waals surface area (Å²) in [7, 11) is 1.45. The van der Waals surface area contributed by atoms with Gasteiger partial charge in [0.2, 0.25) is 5.78 Å². The molecule has 0 aliphatic heterocycles. The number of anilines is 1. The predicted molar refractivity (Wildman–Crippen MR) is 120 cm³/mol. The number of carbonyl (C=O) groups is 3. The van der Waals surface area contributed by atoms with E-state index in [0.29, 0.717) is 24.2 Å². The topological polar surface area (TPSA) is 66.5 Å². The number of likely N-dealkylation sites (N-methyl/N-ethyl adjacent to an activating group) is 1. The second-order valence-electron chi connectivity index (χ2n) is 7.88. The third kappa shape index (κ3) is 5.88. The molecule has 2 aromatic rings. The summed E-state index contributed by atoms with van der Waals surface area (Å²) in [6.07, 6.45) is -12.9. The first-order valence-electron chi connectivity index (χ1n) is 10.3. The van der Waals surface area contributed by atoms with Crippen LogP contribution in [0.5, 0.6) is 0 Å². The van der Waals surface area contributed by atoms with Crippen LogP contribution in [0.1, 0.15) is 34.0 Å². The summed E-state index contributed by atoms with van der Waals surface area (Å²) in [4.78, 5) is 38.0. The lowest BCUT2D eigenvalue weighted by Crippen LogP contribution is -2.50. The molecule has 1 N–H and O–H groups in total. The zero-order valence-electron chi connectivity index (χ0n) is 19.1. The van der Waals surface area contributed by atoms with Gasteiger partial charge in [-0.3, -0.25) is 14.4 Å². The molecule has 0 aromatic heterocycles. The fraction of sp³-hybridized carbons (Fsp3) is 0.348. The fourth-order valence-electron chi connectivity index (χ4n) is 3.22. The smallest absolute Gasteiger partial charge is 0.339 e. The van der Waals surface area contributed by atoms with Crippen LogP contribution in [0.3, 0.4) is 0 Å². The van der Waals surface area contributed by atoms with Gasteiger partial charge >= 0.3 is 18.0 Å². The first kappa shape index (κ1) is 29.3. The van der Waals surface area contributed by atoms with Crippen LogP contribution in [0.4, 0.5) is 36.4 Å². The van der Waals surface area contributed by atoms with E-state index < -0.39 is 45.7 Å². The molecule has 2 aromatic carbocycles. The third-order valence-electron chi connectivity index (χ3n) is 5.32. The Bertz CT molecular complexity index is 1140. The van der Waals surface area contributed by atoms with Gasteiger partial charge in [-0.05, 0) is 59.1 Å². The molecule has 2 rings (SSSR count). The molecule has 0 radical (unpaired) electrons. The molecular weight excluding hydrogens is 565 g/mol. The normalized spacial score (nSPS) is 12.3. The number of nitrogens with one attached hydrogen (secondary N) is 1. The highest BCUT2D eigenvalue weighted by atomic mass is 79.9. The maximum atomic E-state index is 14.4. The van der Waals surface area contributed by atoms with E-state index in [1.54, 1.807) is 6.92 Å². The number of ketones is 1. The first-order chi connectivity index (χ1) is 16.4. The van der Waals surface area contributed by atoms with Crippen molar-refractivity contribution < 1.29 is 45.1 Å². The Labute approximate surface area is 209 Å². The van der Waals surface area contributed by atoms with Crippen molar-refractivity contribution in [3.8, 4) is 0 Å². The molecule has 13 heteroatoms. The van der Waals surface area contributed by atoms with Crippen molar-refractivity contribution in [3.63, 3.8) is 0 Å². The number of benzene rings is 2. The van der Waals surface area contributed by atoms with E-state index in [9.17, 15) is 45.1 Å². The minimum Gasteiger partial charge on any atom is -0.339 e. The average molecular weight is 585 g/mol. The van der Waals surface area contributed by atoms with Gasteiger partial charge in [0.15, 0.2) is 0 Å². The second-order valence-corrected chi connectivity index (χ2v) is 8.73. The van der Waals surface area contributed by atoms with Crippen molar-refractivity contribution in [3.05, 3.63) is 63.1 Å². The maximum Gasteiger partial charge on any atom is 0.435 e. The monoisotopic (exact) mass is 584 g/mol. The molecule has 196 valence electrons. The standard InChI is InChI=1S/C23H20BrF7N2O3/c1-4-33(3)20(36)17(34)10-13-6-5-7-14(9-13)19(35)32-18-12(2)8-15(11-16(18)24)21(25,22(26,27)28)23(29,30)31/h5-9,11H,4,10H2,1-3H3,(H,32,35). The van der Waals surface area contributed by atoms with Crippen LogP contribution >= 0.6 is 15.9 Å². The zero-order valence-corrected chi connectivity index (χ0v) is 20.7. The molecule has 0 saturated heterocycles. The van der Waals surface area contributed by atoms with E-state index in [4.69, 9.17) is 0 Å². The number of hydrogen-bond donors (Lipinski definition) is 1. The predicted octanol–water partition coefficient (Wildman–Crippen LogP) is 5.89. The number of carbonyl (C=O) groups excluding carboxylic acids is 3. The Morgan fingerprint density at radius 2 is 1.56 bits per heavy atom. The number of halogens is 8. The molecule has 0 heterocycles. The lowest BCUT2D eigenvalue weighted by Gasteiger charge is -2.31. The molecule has 0 saturated carbocycles. The third-order valence-corrected chi connectivity index (χ3v) is 5.94. The van der Waals surface area contributed by atoms with Crippen molar-refractivity contribution >= 4 is 39.2 Å². The Balaban J connectivity index is 2.34. The first-order valence-corrected chi connectivity index (χ1v) is 11.0. The summed E-state index contributed by atoms with van der Waals surface area (Å²) in [5.41, 5.74) is -7.46. The van der Waals surface area contributed by atoms with Gasteiger partial charge in [0.1, 0.15) is 0 Å². The van der Waals surface area contributed by atoms with Crippen LogP contribution in [0.2, 0.25) is 0 Å². The Morgan fingerprint density at radius 3 is 2.06 bits per heavy atom. The van der Waals surface area contributed by atoms with Gasteiger partial charge in [0.05, 0.1) is 5.69 Å². The van der Waals surface area contributed by atoms with Gasteiger partial charge in [-0.25, -0.2) is 4.39 Å². The summed E-state index contributed by atoms with van der Waals surface area (Å²) in [5.74, 6) is -2.24. The molecule has 5 nitrogen and oxygen atoms in total. The van der Waals surface area contributed by atoms with Gasteiger partial charge in [0, 0.05) is 35.6 Å². The van der Waals surface area contributed by atoms with Gasteiger partial charge in [0.25, 0.3) is 11.8 Å². The molecule has 2 amide bonds. The van der Waals surface area contributed by atoms with E-state index in [-0.39, 0.29) is 23.2 Å². The summed E-state index contributed by atoms with van der Waals surface area (Å²) in [5, 5.41) is 2.35. The highest BCUT2D eigenvalue weighted by molar-refractivity contribution is 9.10. The highest BCUT2D eigenvalue weighted by Crippen LogP contribution is 2.54. The van der Waals surface area contributed by atoms with E-state index >= 15 is 0 Å².